The first-order chi connectivity index (χ1) is 10.6. The lowest BCUT2D eigenvalue weighted by Gasteiger charge is -2.17. The van der Waals surface area contributed by atoms with Crippen molar-refractivity contribution in [3.05, 3.63) is 0 Å². The molecule has 2 aliphatic rings. The lowest BCUT2D eigenvalue weighted by molar-refractivity contribution is -0.119. The van der Waals surface area contributed by atoms with E-state index in [1.165, 1.54) is 48.8 Å². The fourth-order valence-corrected chi connectivity index (χ4v) is 4.09. The molecule has 22 heavy (non-hydrogen) atoms. The second kappa shape index (κ2) is 7.17. The van der Waals surface area contributed by atoms with E-state index in [9.17, 15) is 4.79 Å². The first-order valence-corrected chi connectivity index (χ1v) is 9.91. The normalized spacial score (nSPS) is 18.0. The van der Waals surface area contributed by atoms with Gasteiger partial charge in [-0.05, 0) is 43.4 Å². The molecule has 0 unspecified atom stereocenters. The summed E-state index contributed by atoms with van der Waals surface area (Å²) in [6, 6.07) is 0.436. The molecule has 0 spiro atoms. The molecule has 7 heteroatoms. The van der Waals surface area contributed by atoms with Gasteiger partial charge >= 0.3 is 0 Å². The second-order valence-electron chi connectivity index (χ2n) is 6.70. The maximum Gasteiger partial charge on any atom is 0.230 e. The number of anilines is 1. The number of aromatic nitrogens is 2. The van der Waals surface area contributed by atoms with Crippen LogP contribution in [0.3, 0.4) is 0 Å². The van der Waals surface area contributed by atoms with Crippen LogP contribution in [0.25, 0.3) is 0 Å². The second-order valence-corrected chi connectivity index (χ2v) is 8.90. The molecule has 0 aliphatic heterocycles. The third-order valence-corrected chi connectivity index (χ3v) is 6.00. The first-order valence-electron chi connectivity index (χ1n) is 8.11. The van der Waals surface area contributed by atoms with Crippen LogP contribution in [-0.2, 0) is 4.79 Å². The molecule has 1 amide bonds. The molecular weight excluding hydrogens is 316 g/mol. The largest absolute Gasteiger partial charge is 0.360 e. The summed E-state index contributed by atoms with van der Waals surface area (Å²) in [4.78, 5) is 12.1. The number of nitrogens with zero attached hydrogens (tertiary/aromatic N) is 2. The van der Waals surface area contributed by atoms with Crippen molar-refractivity contribution in [2.24, 2.45) is 17.8 Å². The highest BCUT2D eigenvalue weighted by atomic mass is 32.2. The molecule has 2 aliphatic carbocycles. The topological polar surface area (TPSA) is 66.9 Å². The van der Waals surface area contributed by atoms with E-state index in [2.05, 4.69) is 34.7 Å². The SMILES string of the molecule is CC(C)CNc1nnc(SCC(=O)NC(C2CC2)C2CC2)s1. The summed E-state index contributed by atoms with van der Waals surface area (Å²) in [5.41, 5.74) is 0. The van der Waals surface area contributed by atoms with Crippen molar-refractivity contribution in [2.45, 2.75) is 49.9 Å². The van der Waals surface area contributed by atoms with E-state index in [0.29, 0.717) is 17.7 Å². The van der Waals surface area contributed by atoms with Crippen molar-refractivity contribution < 1.29 is 4.79 Å². The Kier molecular flexibility index (Phi) is 5.23. The number of rotatable bonds is 9. The van der Waals surface area contributed by atoms with Crippen molar-refractivity contribution in [1.29, 1.82) is 0 Å². The van der Waals surface area contributed by atoms with E-state index >= 15 is 0 Å². The average molecular weight is 341 g/mol. The Morgan fingerprint density at radius 3 is 2.55 bits per heavy atom. The summed E-state index contributed by atoms with van der Waals surface area (Å²) in [5.74, 6) is 2.65. The highest BCUT2D eigenvalue weighted by molar-refractivity contribution is 8.01. The number of thioether (sulfide) groups is 1. The molecule has 0 saturated heterocycles. The maximum atomic E-state index is 12.1. The smallest absolute Gasteiger partial charge is 0.230 e. The van der Waals surface area contributed by atoms with E-state index in [-0.39, 0.29) is 5.91 Å². The molecule has 0 aromatic carbocycles. The number of hydrogen-bond donors (Lipinski definition) is 2. The standard InChI is InChI=1S/C15H24N4OS2/c1-9(2)7-16-14-18-19-15(22-14)21-8-12(20)17-13(10-3-4-10)11-5-6-11/h9-11,13H,3-8H2,1-2H3,(H,16,18)(H,17,20). The van der Waals surface area contributed by atoms with Gasteiger partial charge in [-0.2, -0.15) is 0 Å². The van der Waals surface area contributed by atoms with Gasteiger partial charge in [0.15, 0.2) is 4.34 Å². The minimum absolute atomic E-state index is 0.140. The van der Waals surface area contributed by atoms with Crippen molar-refractivity contribution in [1.82, 2.24) is 15.5 Å². The van der Waals surface area contributed by atoms with Gasteiger partial charge in [-0.1, -0.05) is 36.9 Å². The Hall–Kier alpha value is -0.820. The number of carbonyl (C=O) groups excluding carboxylic acids is 1. The lowest BCUT2D eigenvalue weighted by Crippen LogP contribution is -2.39. The summed E-state index contributed by atoms with van der Waals surface area (Å²) < 4.78 is 0.857. The fraction of sp³-hybridized carbons (Fsp3) is 0.800. The van der Waals surface area contributed by atoms with E-state index in [1.54, 1.807) is 0 Å². The van der Waals surface area contributed by atoms with Crippen LogP contribution >= 0.6 is 23.1 Å². The molecule has 122 valence electrons. The summed E-state index contributed by atoms with van der Waals surface area (Å²) in [6.45, 7) is 5.21. The molecule has 0 atom stereocenters. The van der Waals surface area contributed by atoms with Gasteiger partial charge in [0.2, 0.25) is 11.0 Å². The zero-order valence-corrected chi connectivity index (χ0v) is 14.8. The average Bonchev–Trinajstić information content (AvgIpc) is 3.39. The van der Waals surface area contributed by atoms with Crippen molar-refractivity contribution in [2.75, 3.05) is 17.6 Å². The minimum atomic E-state index is 0.140. The van der Waals surface area contributed by atoms with Crippen LogP contribution in [0.5, 0.6) is 0 Å². The van der Waals surface area contributed by atoms with Gasteiger partial charge in [0, 0.05) is 12.6 Å². The van der Waals surface area contributed by atoms with Crippen LogP contribution in [0, 0.1) is 17.8 Å². The van der Waals surface area contributed by atoms with Gasteiger partial charge in [0.25, 0.3) is 0 Å². The van der Waals surface area contributed by atoms with Crippen molar-refractivity contribution in [3.8, 4) is 0 Å². The van der Waals surface area contributed by atoms with Gasteiger partial charge in [-0.25, -0.2) is 0 Å². The van der Waals surface area contributed by atoms with Crippen LogP contribution in [0.2, 0.25) is 0 Å². The third-order valence-electron chi connectivity index (χ3n) is 3.98. The van der Waals surface area contributed by atoms with Gasteiger partial charge in [0.05, 0.1) is 5.75 Å². The zero-order valence-electron chi connectivity index (χ0n) is 13.2. The molecule has 1 heterocycles. The fourth-order valence-electron chi connectivity index (χ4n) is 2.52. The van der Waals surface area contributed by atoms with Crippen LogP contribution < -0.4 is 10.6 Å². The Balaban J connectivity index is 1.40. The quantitative estimate of drug-likeness (QED) is 0.677. The first kappa shape index (κ1) is 16.1. The molecule has 3 rings (SSSR count). The van der Waals surface area contributed by atoms with Crippen LogP contribution in [0.15, 0.2) is 4.34 Å². The molecule has 0 bridgehead atoms. The van der Waals surface area contributed by atoms with E-state index in [4.69, 9.17) is 0 Å². The summed E-state index contributed by atoms with van der Waals surface area (Å²) in [5, 5.41) is 15.6. The predicted octanol–water partition coefficient (Wildman–Crippen LogP) is 3.00. The zero-order chi connectivity index (χ0) is 15.5. The third kappa shape index (κ3) is 4.84. The molecule has 1 aromatic rings. The Morgan fingerprint density at radius 2 is 1.95 bits per heavy atom. The van der Waals surface area contributed by atoms with Crippen LogP contribution in [0.1, 0.15) is 39.5 Å². The highest BCUT2D eigenvalue weighted by Gasteiger charge is 2.42. The number of nitrogens with one attached hydrogen (secondary N) is 2. The summed E-state index contributed by atoms with van der Waals surface area (Å²) >= 11 is 3.01. The van der Waals surface area contributed by atoms with E-state index in [1.807, 2.05) is 0 Å². The monoisotopic (exact) mass is 340 g/mol. The number of amides is 1. The van der Waals surface area contributed by atoms with Crippen LogP contribution in [-0.4, -0.2) is 34.4 Å². The highest BCUT2D eigenvalue weighted by Crippen LogP contribution is 2.44. The van der Waals surface area contributed by atoms with Gasteiger partial charge < -0.3 is 10.6 Å². The molecule has 2 N–H and O–H groups in total. The van der Waals surface area contributed by atoms with Crippen molar-refractivity contribution >= 4 is 34.1 Å². The predicted molar refractivity (Wildman–Crippen MR) is 91.3 cm³/mol. The molecular formula is C15H24N4OS2. The van der Waals surface area contributed by atoms with E-state index in [0.717, 1.165) is 27.9 Å². The van der Waals surface area contributed by atoms with Crippen LogP contribution in [0.4, 0.5) is 5.13 Å². The molecule has 2 fully saturated rings. The Bertz CT molecular complexity index is 499. The molecule has 0 radical (unpaired) electrons. The lowest BCUT2D eigenvalue weighted by atomic mass is 10.1. The minimum Gasteiger partial charge on any atom is -0.360 e. The molecule has 5 nitrogen and oxygen atoms in total. The molecule has 2 saturated carbocycles. The number of hydrogen-bond acceptors (Lipinski definition) is 6. The Labute approximate surface area is 140 Å². The summed E-state index contributed by atoms with van der Waals surface area (Å²) in [6.07, 6.45) is 5.15. The Morgan fingerprint density at radius 1 is 1.27 bits per heavy atom. The number of carbonyl (C=O) groups is 1. The van der Waals surface area contributed by atoms with Gasteiger partial charge in [-0.15, -0.1) is 10.2 Å². The maximum absolute atomic E-state index is 12.1. The molecule has 1 aromatic heterocycles. The van der Waals surface area contributed by atoms with E-state index < -0.39 is 0 Å². The van der Waals surface area contributed by atoms with Crippen molar-refractivity contribution in [3.63, 3.8) is 0 Å². The van der Waals surface area contributed by atoms with Gasteiger partial charge in [0.1, 0.15) is 0 Å². The summed E-state index contributed by atoms with van der Waals surface area (Å²) in [7, 11) is 0. The van der Waals surface area contributed by atoms with Gasteiger partial charge in [-0.3, -0.25) is 4.79 Å².